The molecule has 1 atom stereocenters. The van der Waals surface area contributed by atoms with Crippen LogP contribution in [0.25, 0.3) is 16.6 Å². The molecule has 168 valence electrons. The molecule has 0 aliphatic rings. The number of nitrogens with zero attached hydrogens (tertiary/aromatic N) is 3. The van der Waals surface area contributed by atoms with E-state index in [-0.39, 0.29) is 11.6 Å². The molecule has 4 aromatic rings. The van der Waals surface area contributed by atoms with Crippen molar-refractivity contribution in [2.24, 2.45) is 0 Å². The Hall–Kier alpha value is -3.45. The number of benzene rings is 3. The zero-order valence-electron chi connectivity index (χ0n) is 18.7. The predicted octanol–water partition coefficient (Wildman–Crippen LogP) is 6.07. The molecule has 0 radical (unpaired) electrons. The Morgan fingerprint density at radius 3 is 2.58 bits per heavy atom. The second-order valence-electron chi connectivity index (χ2n) is 7.94. The van der Waals surface area contributed by atoms with Crippen LogP contribution in [0.1, 0.15) is 30.8 Å². The summed E-state index contributed by atoms with van der Waals surface area (Å²) in [7, 11) is 1.73. The van der Waals surface area contributed by atoms with E-state index in [4.69, 9.17) is 4.98 Å². The summed E-state index contributed by atoms with van der Waals surface area (Å²) < 4.78 is 2.51. The van der Waals surface area contributed by atoms with E-state index in [1.807, 2.05) is 80.6 Å². The maximum Gasteiger partial charge on any atom is 0.322 e. The SMILES string of the molecule is CCC(c1nc2ccccc2c(=O)n1-c1cccc(C)c1)N(C)C(=O)Nc1cccc(Br)c1. The van der Waals surface area contributed by atoms with Gasteiger partial charge in [0.15, 0.2) is 0 Å². The highest BCUT2D eigenvalue weighted by Gasteiger charge is 2.26. The normalized spacial score (nSPS) is 11.9. The number of fused-ring (bicyclic) bond motifs is 1. The van der Waals surface area contributed by atoms with Crippen LogP contribution in [-0.4, -0.2) is 27.5 Å². The molecule has 0 fully saturated rings. The summed E-state index contributed by atoms with van der Waals surface area (Å²) in [4.78, 5) is 33.2. The lowest BCUT2D eigenvalue weighted by molar-refractivity contribution is 0.199. The molecular weight excluding hydrogens is 480 g/mol. The fourth-order valence-corrected chi connectivity index (χ4v) is 4.34. The number of carbonyl (C=O) groups excluding carboxylic acids is 1. The number of anilines is 1. The number of carbonyl (C=O) groups is 1. The number of aromatic nitrogens is 2. The molecule has 1 aromatic heterocycles. The number of amides is 2. The second-order valence-corrected chi connectivity index (χ2v) is 8.86. The zero-order chi connectivity index (χ0) is 23.5. The zero-order valence-corrected chi connectivity index (χ0v) is 20.3. The Labute approximate surface area is 201 Å². The van der Waals surface area contributed by atoms with E-state index in [0.717, 1.165) is 15.7 Å². The van der Waals surface area contributed by atoms with E-state index in [1.165, 1.54) is 0 Å². The quantitative estimate of drug-likeness (QED) is 0.358. The van der Waals surface area contributed by atoms with Crippen LogP contribution in [0.4, 0.5) is 10.5 Å². The van der Waals surface area contributed by atoms with E-state index < -0.39 is 6.04 Å². The van der Waals surface area contributed by atoms with Gasteiger partial charge < -0.3 is 10.2 Å². The lowest BCUT2D eigenvalue weighted by Crippen LogP contribution is -2.38. The summed E-state index contributed by atoms with van der Waals surface area (Å²) in [5.74, 6) is 0.527. The van der Waals surface area contributed by atoms with E-state index in [1.54, 1.807) is 22.6 Å². The van der Waals surface area contributed by atoms with Crippen LogP contribution >= 0.6 is 15.9 Å². The topological polar surface area (TPSA) is 67.2 Å². The smallest absolute Gasteiger partial charge is 0.317 e. The molecule has 0 saturated carbocycles. The first-order chi connectivity index (χ1) is 15.9. The van der Waals surface area contributed by atoms with Gasteiger partial charge >= 0.3 is 6.03 Å². The number of nitrogens with one attached hydrogen (secondary N) is 1. The first kappa shape index (κ1) is 22.7. The van der Waals surface area contributed by atoms with Gasteiger partial charge in [-0.2, -0.15) is 0 Å². The molecule has 0 aliphatic carbocycles. The lowest BCUT2D eigenvalue weighted by atomic mass is 10.1. The van der Waals surface area contributed by atoms with Gasteiger partial charge in [-0.1, -0.05) is 53.2 Å². The molecule has 0 bridgehead atoms. The van der Waals surface area contributed by atoms with Crippen molar-refractivity contribution >= 4 is 38.6 Å². The third-order valence-electron chi connectivity index (χ3n) is 5.61. The Balaban J connectivity index is 1.83. The summed E-state index contributed by atoms with van der Waals surface area (Å²) in [6, 6.07) is 21.8. The third kappa shape index (κ3) is 4.68. The van der Waals surface area contributed by atoms with Crippen molar-refractivity contribution in [2.75, 3.05) is 12.4 Å². The van der Waals surface area contributed by atoms with Crippen molar-refractivity contribution in [3.8, 4) is 5.69 Å². The van der Waals surface area contributed by atoms with E-state index in [9.17, 15) is 9.59 Å². The van der Waals surface area contributed by atoms with Crippen LogP contribution in [0.2, 0.25) is 0 Å². The molecule has 1 heterocycles. The van der Waals surface area contributed by atoms with Crippen LogP contribution in [0, 0.1) is 6.92 Å². The first-order valence-electron chi connectivity index (χ1n) is 10.8. The molecule has 0 saturated heterocycles. The van der Waals surface area contributed by atoms with Gasteiger partial charge in [0.05, 0.1) is 22.6 Å². The van der Waals surface area contributed by atoms with Crippen LogP contribution in [0.15, 0.2) is 82.1 Å². The van der Waals surface area contributed by atoms with Gasteiger partial charge in [0.2, 0.25) is 0 Å². The average Bonchev–Trinajstić information content (AvgIpc) is 2.79. The highest BCUT2D eigenvalue weighted by atomic mass is 79.9. The molecule has 0 spiro atoms. The minimum Gasteiger partial charge on any atom is -0.317 e. The predicted molar refractivity (Wildman–Crippen MR) is 136 cm³/mol. The van der Waals surface area contributed by atoms with Gasteiger partial charge in [-0.05, 0) is 61.4 Å². The summed E-state index contributed by atoms with van der Waals surface area (Å²) >= 11 is 3.43. The van der Waals surface area contributed by atoms with Crippen LogP contribution < -0.4 is 10.9 Å². The number of urea groups is 1. The lowest BCUT2D eigenvalue weighted by Gasteiger charge is -2.29. The van der Waals surface area contributed by atoms with Crippen molar-refractivity contribution in [1.82, 2.24) is 14.5 Å². The number of para-hydroxylation sites is 1. The summed E-state index contributed by atoms with van der Waals surface area (Å²) in [6.07, 6.45) is 0.582. The van der Waals surface area contributed by atoms with Crippen molar-refractivity contribution in [3.05, 3.63) is 99.0 Å². The van der Waals surface area contributed by atoms with Gasteiger partial charge in [-0.15, -0.1) is 0 Å². The summed E-state index contributed by atoms with van der Waals surface area (Å²) in [5, 5.41) is 3.47. The molecule has 1 unspecified atom stereocenters. The molecule has 6 nitrogen and oxygen atoms in total. The maximum absolute atomic E-state index is 13.6. The van der Waals surface area contributed by atoms with Crippen molar-refractivity contribution in [1.29, 1.82) is 0 Å². The monoisotopic (exact) mass is 504 g/mol. The molecule has 1 N–H and O–H groups in total. The largest absolute Gasteiger partial charge is 0.322 e. The number of halogens is 1. The molecular formula is C26H25BrN4O2. The van der Waals surface area contributed by atoms with Crippen LogP contribution in [0.3, 0.4) is 0 Å². The maximum atomic E-state index is 13.6. The Kier molecular flexibility index (Phi) is 6.60. The van der Waals surface area contributed by atoms with Gasteiger partial charge in [-0.25, -0.2) is 9.78 Å². The highest BCUT2D eigenvalue weighted by Crippen LogP contribution is 2.26. The fraction of sp³-hybridized carbons (Fsp3) is 0.192. The van der Waals surface area contributed by atoms with Gasteiger partial charge in [-0.3, -0.25) is 9.36 Å². The fourth-order valence-electron chi connectivity index (χ4n) is 3.94. The van der Waals surface area contributed by atoms with E-state index >= 15 is 0 Å². The molecule has 3 aromatic carbocycles. The van der Waals surface area contributed by atoms with E-state index in [2.05, 4.69) is 21.2 Å². The number of hydrogen-bond acceptors (Lipinski definition) is 3. The van der Waals surface area contributed by atoms with Crippen molar-refractivity contribution < 1.29 is 4.79 Å². The minimum absolute atomic E-state index is 0.152. The molecule has 2 amide bonds. The summed E-state index contributed by atoms with van der Waals surface area (Å²) in [6.45, 7) is 3.97. The Morgan fingerprint density at radius 1 is 1.09 bits per heavy atom. The van der Waals surface area contributed by atoms with Crippen LogP contribution in [0.5, 0.6) is 0 Å². The average molecular weight is 505 g/mol. The molecule has 7 heteroatoms. The number of rotatable bonds is 5. The first-order valence-corrected chi connectivity index (χ1v) is 11.6. The summed E-state index contributed by atoms with van der Waals surface area (Å²) in [5.41, 5.74) is 2.90. The van der Waals surface area contributed by atoms with Gasteiger partial charge in [0, 0.05) is 17.2 Å². The highest BCUT2D eigenvalue weighted by molar-refractivity contribution is 9.10. The van der Waals surface area contributed by atoms with E-state index in [0.29, 0.717) is 28.8 Å². The number of hydrogen-bond donors (Lipinski definition) is 1. The standard InChI is InChI=1S/C26H25BrN4O2/c1-4-23(30(3)26(33)28-19-11-8-10-18(27)16-19)24-29-22-14-6-5-13-21(22)25(32)31(24)20-12-7-9-17(2)15-20/h5-16,23H,4H2,1-3H3,(H,28,33). The van der Waals surface area contributed by atoms with Crippen molar-refractivity contribution in [3.63, 3.8) is 0 Å². The van der Waals surface area contributed by atoms with Crippen LogP contribution in [-0.2, 0) is 0 Å². The molecule has 4 rings (SSSR count). The van der Waals surface area contributed by atoms with Gasteiger partial charge in [0.25, 0.3) is 5.56 Å². The Bertz CT molecular complexity index is 1380. The molecule has 0 aliphatic heterocycles. The second kappa shape index (κ2) is 9.58. The molecule has 33 heavy (non-hydrogen) atoms. The third-order valence-corrected chi connectivity index (χ3v) is 6.10. The Morgan fingerprint density at radius 2 is 1.85 bits per heavy atom. The van der Waals surface area contributed by atoms with Gasteiger partial charge in [0.1, 0.15) is 5.82 Å². The van der Waals surface area contributed by atoms with Crippen molar-refractivity contribution in [2.45, 2.75) is 26.3 Å². The minimum atomic E-state index is -0.421. The number of aryl methyl sites for hydroxylation is 1.